The first kappa shape index (κ1) is 13.9. The molecule has 1 N–H and O–H groups in total. The number of morpholine rings is 1. The van der Waals surface area contributed by atoms with Gasteiger partial charge in [-0.05, 0) is 25.3 Å². The van der Waals surface area contributed by atoms with Crippen LogP contribution in [0.4, 0.5) is 10.5 Å². The first-order valence-corrected chi connectivity index (χ1v) is 7.32. The van der Waals surface area contributed by atoms with Gasteiger partial charge in [-0.1, -0.05) is 36.4 Å². The molecule has 1 aliphatic rings. The molecule has 1 heterocycles. The molecule has 3 rings (SSSR count). The smallest absolute Gasteiger partial charge is 0.322 e. The SMILES string of the molecule is C[C@@H]1CN(C(=O)Nc2cccc3ccccc23)C[C@H](C)O1. The van der Waals surface area contributed by atoms with Crippen LogP contribution in [0.3, 0.4) is 0 Å². The monoisotopic (exact) mass is 284 g/mol. The number of ether oxygens (including phenoxy) is 1. The summed E-state index contributed by atoms with van der Waals surface area (Å²) >= 11 is 0. The van der Waals surface area contributed by atoms with Gasteiger partial charge in [0.05, 0.1) is 17.9 Å². The third-order valence-electron chi connectivity index (χ3n) is 3.74. The minimum absolute atomic E-state index is 0.0617. The number of carbonyl (C=O) groups excluding carboxylic acids is 1. The van der Waals surface area contributed by atoms with Crippen molar-refractivity contribution in [3.8, 4) is 0 Å². The van der Waals surface area contributed by atoms with Gasteiger partial charge in [-0.3, -0.25) is 0 Å². The van der Waals surface area contributed by atoms with E-state index in [9.17, 15) is 4.79 Å². The van der Waals surface area contributed by atoms with E-state index in [1.165, 1.54) is 0 Å². The second-order valence-electron chi connectivity index (χ2n) is 5.62. The topological polar surface area (TPSA) is 41.6 Å². The Kier molecular flexibility index (Phi) is 3.80. The summed E-state index contributed by atoms with van der Waals surface area (Å²) in [5.41, 5.74) is 0.852. The summed E-state index contributed by atoms with van der Waals surface area (Å²) in [6.07, 6.45) is 0.152. The number of carbonyl (C=O) groups is 1. The normalized spacial score (nSPS) is 22.3. The lowest BCUT2D eigenvalue weighted by atomic mass is 10.1. The number of urea groups is 1. The molecule has 0 aromatic heterocycles. The van der Waals surface area contributed by atoms with Gasteiger partial charge >= 0.3 is 6.03 Å². The average Bonchev–Trinajstić information content (AvgIpc) is 2.46. The number of nitrogens with zero attached hydrogens (tertiary/aromatic N) is 1. The molecule has 0 radical (unpaired) electrons. The third kappa shape index (κ3) is 3.00. The molecule has 1 saturated heterocycles. The Balaban J connectivity index is 1.80. The molecule has 2 atom stereocenters. The molecule has 110 valence electrons. The van der Waals surface area contributed by atoms with Crippen molar-refractivity contribution in [2.24, 2.45) is 0 Å². The zero-order valence-corrected chi connectivity index (χ0v) is 12.4. The van der Waals surface area contributed by atoms with Crippen molar-refractivity contribution in [2.45, 2.75) is 26.1 Å². The van der Waals surface area contributed by atoms with Crippen LogP contribution in [0.15, 0.2) is 42.5 Å². The lowest BCUT2D eigenvalue weighted by molar-refractivity contribution is -0.0530. The Labute approximate surface area is 124 Å². The van der Waals surface area contributed by atoms with E-state index in [-0.39, 0.29) is 18.2 Å². The first-order chi connectivity index (χ1) is 10.1. The summed E-state index contributed by atoms with van der Waals surface area (Å²) in [7, 11) is 0. The van der Waals surface area contributed by atoms with Gasteiger partial charge in [0.25, 0.3) is 0 Å². The molecule has 2 aromatic rings. The summed E-state index contributed by atoms with van der Waals surface area (Å²) in [5, 5.41) is 5.21. The van der Waals surface area contributed by atoms with Gasteiger partial charge in [-0.2, -0.15) is 0 Å². The molecule has 1 aliphatic heterocycles. The van der Waals surface area contributed by atoms with Crippen LogP contribution >= 0.6 is 0 Å². The summed E-state index contributed by atoms with van der Waals surface area (Å²) in [6, 6.07) is 13.9. The quantitative estimate of drug-likeness (QED) is 0.871. The molecule has 4 heteroatoms. The lowest BCUT2D eigenvalue weighted by Gasteiger charge is -2.35. The van der Waals surface area contributed by atoms with Crippen LogP contribution in [0.2, 0.25) is 0 Å². The molecule has 21 heavy (non-hydrogen) atoms. The average molecular weight is 284 g/mol. The number of rotatable bonds is 1. The Hall–Kier alpha value is -2.07. The van der Waals surface area contributed by atoms with Crippen LogP contribution in [0.5, 0.6) is 0 Å². The number of nitrogens with one attached hydrogen (secondary N) is 1. The van der Waals surface area contributed by atoms with Crippen LogP contribution in [0.25, 0.3) is 10.8 Å². The molecule has 0 bridgehead atoms. The highest BCUT2D eigenvalue weighted by atomic mass is 16.5. The number of anilines is 1. The maximum Gasteiger partial charge on any atom is 0.322 e. The zero-order chi connectivity index (χ0) is 14.8. The number of hydrogen-bond donors (Lipinski definition) is 1. The van der Waals surface area contributed by atoms with Crippen LogP contribution in [-0.4, -0.2) is 36.2 Å². The predicted molar refractivity (Wildman–Crippen MR) is 84.5 cm³/mol. The molecule has 4 nitrogen and oxygen atoms in total. The van der Waals surface area contributed by atoms with E-state index in [1.54, 1.807) is 0 Å². The highest BCUT2D eigenvalue weighted by molar-refractivity contribution is 6.01. The van der Waals surface area contributed by atoms with Crippen molar-refractivity contribution in [3.63, 3.8) is 0 Å². The Bertz CT molecular complexity index is 641. The van der Waals surface area contributed by atoms with E-state index in [0.717, 1.165) is 16.5 Å². The van der Waals surface area contributed by atoms with Crippen LogP contribution in [-0.2, 0) is 4.74 Å². The largest absolute Gasteiger partial charge is 0.372 e. The van der Waals surface area contributed by atoms with Crippen molar-refractivity contribution in [3.05, 3.63) is 42.5 Å². The van der Waals surface area contributed by atoms with Gasteiger partial charge in [-0.15, -0.1) is 0 Å². The fourth-order valence-electron chi connectivity index (χ4n) is 2.87. The number of benzene rings is 2. The Morgan fingerprint density at radius 1 is 1.10 bits per heavy atom. The maximum atomic E-state index is 12.5. The molecule has 0 unspecified atom stereocenters. The minimum atomic E-state index is -0.0617. The van der Waals surface area contributed by atoms with Gasteiger partial charge in [-0.25, -0.2) is 4.79 Å². The van der Waals surface area contributed by atoms with Crippen LogP contribution in [0.1, 0.15) is 13.8 Å². The molecular weight excluding hydrogens is 264 g/mol. The Morgan fingerprint density at radius 3 is 2.52 bits per heavy atom. The van der Waals surface area contributed by atoms with E-state index < -0.39 is 0 Å². The second kappa shape index (κ2) is 5.74. The van der Waals surface area contributed by atoms with E-state index in [0.29, 0.717) is 13.1 Å². The highest BCUT2D eigenvalue weighted by Crippen LogP contribution is 2.23. The second-order valence-corrected chi connectivity index (χ2v) is 5.62. The number of amides is 2. The van der Waals surface area contributed by atoms with Crippen molar-refractivity contribution in [1.29, 1.82) is 0 Å². The first-order valence-electron chi connectivity index (χ1n) is 7.32. The van der Waals surface area contributed by atoms with E-state index in [1.807, 2.05) is 61.2 Å². The standard InChI is InChI=1S/C17H20N2O2/c1-12-10-19(11-13(2)21-12)17(20)18-16-9-5-7-14-6-3-4-8-15(14)16/h3-9,12-13H,10-11H2,1-2H3,(H,18,20)/t12-,13+. The van der Waals surface area contributed by atoms with Crippen molar-refractivity contribution >= 4 is 22.5 Å². The Morgan fingerprint density at radius 2 is 1.76 bits per heavy atom. The number of hydrogen-bond acceptors (Lipinski definition) is 2. The summed E-state index contributed by atoms with van der Waals surface area (Å²) in [5.74, 6) is 0. The van der Waals surface area contributed by atoms with E-state index >= 15 is 0 Å². The molecule has 2 aromatic carbocycles. The maximum absolute atomic E-state index is 12.5. The van der Waals surface area contributed by atoms with E-state index in [2.05, 4.69) is 5.32 Å². The van der Waals surface area contributed by atoms with Crippen molar-refractivity contribution in [2.75, 3.05) is 18.4 Å². The predicted octanol–water partition coefficient (Wildman–Crippen LogP) is 3.48. The third-order valence-corrected chi connectivity index (χ3v) is 3.74. The molecule has 2 amide bonds. The van der Waals surface area contributed by atoms with Crippen LogP contribution in [0, 0.1) is 0 Å². The minimum Gasteiger partial charge on any atom is -0.372 e. The van der Waals surface area contributed by atoms with Crippen LogP contribution < -0.4 is 5.32 Å². The zero-order valence-electron chi connectivity index (χ0n) is 12.4. The van der Waals surface area contributed by atoms with Gasteiger partial charge < -0.3 is 15.0 Å². The molecule has 0 saturated carbocycles. The van der Waals surface area contributed by atoms with Gasteiger partial charge in [0.1, 0.15) is 0 Å². The molecule has 0 spiro atoms. The molecular formula is C17H20N2O2. The number of fused-ring (bicyclic) bond motifs is 1. The summed E-state index contributed by atoms with van der Waals surface area (Å²) < 4.78 is 5.67. The van der Waals surface area contributed by atoms with Gasteiger partial charge in [0.15, 0.2) is 0 Å². The summed E-state index contributed by atoms with van der Waals surface area (Å²) in [6.45, 7) is 5.24. The fourth-order valence-corrected chi connectivity index (χ4v) is 2.87. The van der Waals surface area contributed by atoms with Crippen molar-refractivity contribution < 1.29 is 9.53 Å². The van der Waals surface area contributed by atoms with Gasteiger partial charge in [0, 0.05) is 18.5 Å². The molecule has 0 aliphatic carbocycles. The fraction of sp³-hybridized carbons (Fsp3) is 0.353. The van der Waals surface area contributed by atoms with E-state index in [4.69, 9.17) is 4.74 Å². The highest BCUT2D eigenvalue weighted by Gasteiger charge is 2.26. The molecule has 1 fully saturated rings. The lowest BCUT2D eigenvalue weighted by Crippen LogP contribution is -2.49. The van der Waals surface area contributed by atoms with Gasteiger partial charge in [0.2, 0.25) is 0 Å². The van der Waals surface area contributed by atoms with Crippen molar-refractivity contribution in [1.82, 2.24) is 4.90 Å². The summed E-state index contributed by atoms with van der Waals surface area (Å²) in [4.78, 5) is 14.3.